The second-order valence-electron chi connectivity index (χ2n) is 4.97. The quantitative estimate of drug-likeness (QED) is 0.608. The van der Waals surface area contributed by atoms with Gasteiger partial charge in [-0.2, -0.15) is 5.10 Å². The van der Waals surface area contributed by atoms with Gasteiger partial charge in [0.05, 0.1) is 16.9 Å². The molecular weight excluding hydrogens is 282 g/mol. The van der Waals surface area contributed by atoms with Gasteiger partial charge in [0.1, 0.15) is 0 Å². The smallest absolute Gasteiger partial charge is 0.251 e. The Labute approximate surface area is 131 Å². The summed E-state index contributed by atoms with van der Waals surface area (Å²) in [6.07, 6.45) is 6.29. The summed E-state index contributed by atoms with van der Waals surface area (Å²) < 4.78 is 1.70. The molecule has 1 aromatic heterocycles. The van der Waals surface area contributed by atoms with Crippen LogP contribution >= 0.6 is 12.6 Å². The topological polar surface area (TPSA) is 46.9 Å². The van der Waals surface area contributed by atoms with E-state index in [9.17, 15) is 4.79 Å². The van der Waals surface area contributed by atoms with Crippen LogP contribution in [0.15, 0.2) is 41.6 Å². The fourth-order valence-corrected chi connectivity index (χ4v) is 2.36. The Morgan fingerprint density at radius 3 is 2.86 bits per heavy atom. The van der Waals surface area contributed by atoms with Gasteiger partial charge in [-0.15, -0.1) is 12.6 Å². The van der Waals surface area contributed by atoms with Gasteiger partial charge < -0.3 is 5.32 Å². The largest absolute Gasteiger partial charge is 0.352 e. The second-order valence-corrected chi connectivity index (χ2v) is 5.43. The van der Waals surface area contributed by atoms with E-state index in [4.69, 9.17) is 0 Å². The summed E-state index contributed by atoms with van der Waals surface area (Å²) in [6.45, 7) is 2.90. The summed E-state index contributed by atoms with van der Waals surface area (Å²) in [5.41, 5.74) is 1.48. The predicted octanol–water partition coefficient (Wildman–Crippen LogP) is 3.47. The molecule has 2 rings (SSSR count). The Hall–Kier alpha value is -1.75. The number of carbonyl (C=O) groups is 1. The van der Waals surface area contributed by atoms with Crippen LogP contribution in [0.5, 0.6) is 0 Å². The third-order valence-corrected chi connectivity index (χ3v) is 3.63. The van der Waals surface area contributed by atoms with Crippen molar-refractivity contribution in [3.05, 3.63) is 42.1 Å². The van der Waals surface area contributed by atoms with Gasteiger partial charge in [0.2, 0.25) is 0 Å². The maximum atomic E-state index is 12.1. The highest BCUT2D eigenvalue weighted by Gasteiger charge is 2.08. The molecule has 0 saturated heterocycles. The molecule has 21 heavy (non-hydrogen) atoms. The van der Waals surface area contributed by atoms with Gasteiger partial charge in [-0.3, -0.25) is 4.79 Å². The molecular formula is C16H21N3OS. The van der Waals surface area contributed by atoms with Gasteiger partial charge in [0.15, 0.2) is 0 Å². The molecule has 1 heterocycles. The minimum absolute atomic E-state index is 0.0405. The number of nitrogens with zero attached hydrogens (tertiary/aromatic N) is 2. The molecule has 0 unspecified atom stereocenters. The lowest BCUT2D eigenvalue weighted by molar-refractivity contribution is 0.0953. The predicted molar refractivity (Wildman–Crippen MR) is 87.3 cm³/mol. The number of carbonyl (C=O) groups excluding carboxylic acids is 1. The van der Waals surface area contributed by atoms with Crippen LogP contribution in [0.25, 0.3) is 5.69 Å². The molecule has 0 aliphatic rings. The number of nitrogens with one attached hydrogen (secondary N) is 1. The number of hydrogen-bond donors (Lipinski definition) is 2. The minimum atomic E-state index is -0.0405. The average molecular weight is 303 g/mol. The molecule has 1 aromatic carbocycles. The standard InChI is InChI=1S/C16H21N3OS/c1-2-3-4-5-10-17-16(20)13-7-6-8-14(12-13)19-15(21)9-11-18-19/h6-9,11-12,21H,2-5,10H2,1H3,(H,17,20). The summed E-state index contributed by atoms with van der Waals surface area (Å²) in [4.78, 5) is 12.1. The number of benzene rings is 1. The summed E-state index contributed by atoms with van der Waals surface area (Å²) in [5, 5.41) is 7.89. The summed E-state index contributed by atoms with van der Waals surface area (Å²) in [5.74, 6) is -0.0405. The fourth-order valence-electron chi connectivity index (χ4n) is 2.13. The van der Waals surface area contributed by atoms with E-state index in [1.807, 2.05) is 30.3 Å². The van der Waals surface area contributed by atoms with E-state index in [2.05, 4.69) is 30.0 Å². The lowest BCUT2D eigenvalue weighted by Gasteiger charge is -2.08. The molecule has 1 amide bonds. The normalized spacial score (nSPS) is 10.6. The Balaban J connectivity index is 1.97. The van der Waals surface area contributed by atoms with Gasteiger partial charge in [-0.1, -0.05) is 32.3 Å². The van der Waals surface area contributed by atoms with Crippen LogP contribution in [-0.2, 0) is 0 Å². The van der Waals surface area contributed by atoms with Gasteiger partial charge in [0.25, 0.3) is 5.91 Å². The van der Waals surface area contributed by atoms with Crippen molar-refractivity contribution in [3.8, 4) is 5.69 Å². The third-order valence-electron chi connectivity index (χ3n) is 3.29. The SMILES string of the molecule is CCCCCCNC(=O)c1cccc(-n2nccc2S)c1. The van der Waals surface area contributed by atoms with Gasteiger partial charge in [-0.05, 0) is 30.7 Å². The first-order chi connectivity index (χ1) is 10.2. The average Bonchev–Trinajstić information content (AvgIpc) is 2.93. The molecule has 5 heteroatoms. The van der Waals surface area contributed by atoms with E-state index in [-0.39, 0.29) is 5.91 Å². The van der Waals surface area contributed by atoms with Crippen LogP contribution in [0.2, 0.25) is 0 Å². The molecule has 112 valence electrons. The third kappa shape index (κ3) is 4.36. The zero-order valence-electron chi connectivity index (χ0n) is 12.2. The van der Waals surface area contributed by atoms with Crippen LogP contribution in [0.4, 0.5) is 0 Å². The van der Waals surface area contributed by atoms with Crippen molar-refractivity contribution in [2.45, 2.75) is 37.6 Å². The van der Waals surface area contributed by atoms with Crippen molar-refractivity contribution in [3.63, 3.8) is 0 Å². The number of unbranched alkanes of at least 4 members (excludes halogenated alkanes) is 3. The van der Waals surface area contributed by atoms with Gasteiger partial charge in [-0.25, -0.2) is 4.68 Å². The summed E-state index contributed by atoms with van der Waals surface area (Å²) in [7, 11) is 0. The van der Waals surface area contributed by atoms with E-state index in [0.29, 0.717) is 5.56 Å². The molecule has 0 bridgehead atoms. The molecule has 1 N–H and O–H groups in total. The van der Waals surface area contributed by atoms with Crippen molar-refractivity contribution >= 4 is 18.5 Å². The van der Waals surface area contributed by atoms with E-state index in [1.54, 1.807) is 10.9 Å². The number of hydrogen-bond acceptors (Lipinski definition) is 3. The number of amides is 1. The van der Waals surface area contributed by atoms with Crippen molar-refractivity contribution in [1.82, 2.24) is 15.1 Å². The highest BCUT2D eigenvalue weighted by molar-refractivity contribution is 7.80. The molecule has 0 fully saturated rings. The van der Waals surface area contributed by atoms with Gasteiger partial charge >= 0.3 is 0 Å². The molecule has 0 atom stereocenters. The van der Waals surface area contributed by atoms with Crippen LogP contribution in [-0.4, -0.2) is 22.2 Å². The van der Waals surface area contributed by atoms with E-state index < -0.39 is 0 Å². The first-order valence-corrected chi connectivity index (χ1v) is 7.78. The van der Waals surface area contributed by atoms with Crippen molar-refractivity contribution in [2.24, 2.45) is 0 Å². The molecule has 0 aliphatic heterocycles. The number of rotatable bonds is 7. The highest BCUT2D eigenvalue weighted by Crippen LogP contribution is 2.15. The van der Waals surface area contributed by atoms with E-state index >= 15 is 0 Å². The monoisotopic (exact) mass is 303 g/mol. The first-order valence-electron chi connectivity index (χ1n) is 7.34. The summed E-state index contributed by atoms with van der Waals surface area (Å²) >= 11 is 4.34. The fraction of sp³-hybridized carbons (Fsp3) is 0.375. The first kappa shape index (κ1) is 15.6. The van der Waals surface area contributed by atoms with Crippen LogP contribution in [0, 0.1) is 0 Å². The Bertz CT molecular complexity index is 595. The highest BCUT2D eigenvalue weighted by atomic mass is 32.1. The molecule has 0 radical (unpaired) electrons. The number of aromatic nitrogens is 2. The van der Waals surface area contributed by atoms with Crippen LogP contribution < -0.4 is 5.32 Å². The molecule has 2 aromatic rings. The maximum Gasteiger partial charge on any atom is 0.251 e. The molecule has 0 aliphatic carbocycles. The zero-order valence-corrected chi connectivity index (χ0v) is 13.1. The van der Waals surface area contributed by atoms with Gasteiger partial charge in [0, 0.05) is 12.1 Å². The molecule has 0 saturated carbocycles. The molecule has 4 nitrogen and oxygen atoms in total. The lowest BCUT2D eigenvalue weighted by atomic mass is 10.1. The Kier molecular flexibility index (Phi) is 5.87. The van der Waals surface area contributed by atoms with E-state index in [1.165, 1.54) is 12.8 Å². The van der Waals surface area contributed by atoms with E-state index in [0.717, 1.165) is 30.1 Å². The number of thiol groups is 1. The van der Waals surface area contributed by atoms with Crippen molar-refractivity contribution in [2.75, 3.05) is 6.54 Å². The molecule has 0 spiro atoms. The van der Waals surface area contributed by atoms with Crippen LogP contribution in [0.3, 0.4) is 0 Å². The van der Waals surface area contributed by atoms with Crippen molar-refractivity contribution in [1.29, 1.82) is 0 Å². The maximum absolute atomic E-state index is 12.1. The Morgan fingerprint density at radius 1 is 1.29 bits per heavy atom. The minimum Gasteiger partial charge on any atom is -0.352 e. The van der Waals surface area contributed by atoms with Crippen molar-refractivity contribution < 1.29 is 4.79 Å². The summed E-state index contributed by atoms with van der Waals surface area (Å²) in [6, 6.07) is 9.21. The second kappa shape index (κ2) is 7.88. The van der Waals surface area contributed by atoms with Crippen LogP contribution in [0.1, 0.15) is 43.0 Å². The zero-order chi connectivity index (χ0) is 15.1. The lowest BCUT2D eigenvalue weighted by Crippen LogP contribution is -2.24. The Morgan fingerprint density at radius 2 is 2.14 bits per heavy atom.